The fourth-order valence-corrected chi connectivity index (χ4v) is 3.28. The lowest BCUT2D eigenvalue weighted by Gasteiger charge is -2.25. The van der Waals surface area contributed by atoms with Gasteiger partial charge >= 0.3 is 5.97 Å². The second-order valence-electron chi connectivity index (χ2n) is 3.91. The SMILES string of the molecule is CCN(c1nc(Cl)c(C(=O)OC)s1)[C@H]1CCOC1. The average molecular weight is 291 g/mol. The molecule has 2 heterocycles. The summed E-state index contributed by atoms with van der Waals surface area (Å²) in [6.07, 6.45) is 0.971. The number of methoxy groups -OCH3 is 1. The molecule has 18 heavy (non-hydrogen) atoms. The number of carbonyl (C=O) groups is 1. The Morgan fingerprint density at radius 2 is 2.50 bits per heavy atom. The third-order valence-electron chi connectivity index (χ3n) is 2.88. The zero-order valence-electron chi connectivity index (χ0n) is 10.3. The lowest BCUT2D eigenvalue weighted by molar-refractivity contribution is 0.0606. The molecule has 0 unspecified atom stereocenters. The Morgan fingerprint density at radius 1 is 1.72 bits per heavy atom. The zero-order chi connectivity index (χ0) is 13.1. The number of rotatable bonds is 4. The van der Waals surface area contributed by atoms with E-state index < -0.39 is 5.97 Å². The number of esters is 1. The second-order valence-corrected chi connectivity index (χ2v) is 5.25. The molecule has 0 radical (unpaired) electrons. The van der Waals surface area contributed by atoms with Gasteiger partial charge in [0.1, 0.15) is 0 Å². The summed E-state index contributed by atoms with van der Waals surface area (Å²) in [4.78, 5) is 18.2. The second kappa shape index (κ2) is 5.86. The van der Waals surface area contributed by atoms with Crippen LogP contribution in [0.25, 0.3) is 0 Å². The van der Waals surface area contributed by atoms with Crippen molar-refractivity contribution in [2.45, 2.75) is 19.4 Å². The number of hydrogen-bond acceptors (Lipinski definition) is 6. The van der Waals surface area contributed by atoms with Crippen LogP contribution < -0.4 is 4.90 Å². The standard InChI is InChI=1S/C11H15ClN2O3S/c1-3-14(7-4-5-17-6-7)11-13-9(12)8(18-11)10(15)16-2/h7H,3-6H2,1-2H3/t7-/m0/s1. The zero-order valence-corrected chi connectivity index (χ0v) is 11.9. The van der Waals surface area contributed by atoms with Gasteiger partial charge in [-0.2, -0.15) is 0 Å². The smallest absolute Gasteiger partial charge is 0.351 e. The molecule has 1 fully saturated rings. The van der Waals surface area contributed by atoms with Gasteiger partial charge in [-0.05, 0) is 13.3 Å². The van der Waals surface area contributed by atoms with Crippen LogP contribution in [0.5, 0.6) is 0 Å². The first-order valence-corrected chi connectivity index (χ1v) is 6.95. The van der Waals surface area contributed by atoms with Gasteiger partial charge in [0.05, 0.1) is 19.8 Å². The number of carbonyl (C=O) groups excluding carboxylic acids is 1. The molecule has 100 valence electrons. The van der Waals surface area contributed by atoms with Crippen LogP contribution in [-0.2, 0) is 9.47 Å². The van der Waals surface area contributed by atoms with E-state index in [2.05, 4.69) is 14.6 Å². The van der Waals surface area contributed by atoms with Crippen LogP contribution in [0.1, 0.15) is 23.0 Å². The molecule has 2 rings (SSSR count). The van der Waals surface area contributed by atoms with Crippen molar-refractivity contribution >= 4 is 34.0 Å². The summed E-state index contributed by atoms with van der Waals surface area (Å²) in [5, 5.41) is 0.956. The molecule has 1 aliphatic rings. The Kier molecular flexibility index (Phi) is 4.42. The monoisotopic (exact) mass is 290 g/mol. The van der Waals surface area contributed by atoms with E-state index in [-0.39, 0.29) is 5.15 Å². The summed E-state index contributed by atoms with van der Waals surface area (Å²) >= 11 is 7.23. The summed E-state index contributed by atoms with van der Waals surface area (Å²) in [5.41, 5.74) is 0. The quantitative estimate of drug-likeness (QED) is 0.796. The largest absolute Gasteiger partial charge is 0.465 e. The van der Waals surface area contributed by atoms with E-state index in [1.54, 1.807) is 0 Å². The van der Waals surface area contributed by atoms with E-state index in [1.807, 2.05) is 6.92 Å². The van der Waals surface area contributed by atoms with Gasteiger partial charge in [0.25, 0.3) is 0 Å². The molecule has 7 heteroatoms. The Morgan fingerprint density at radius 3 is 3.06 bits per heavy atom. The number of hydrogen-bond donors (Lipinski definition) is 0. The predicted molar refractivity (Wildman–Crippen MR) is 70.7 cm³/mol. The summed E-state index contributed by atoms with van der Waals surface area (Å²) in [6, 6.07) is 0.308. The number of aromatic nitrogens is 1. The lowest BCUT2D eigenvalue weighted by atomic mass is 10.2. The number of thiazole rings is 1. The van der Waals surface area contributed by atoms with E-state index in [4.69, 9.17) is 16.3 Å². The molecule has 0 spiro atoms. The summed E-state index contributed by atoms with van der Waals surface area (Å²) in [6.45, 7) is 4.31. The molecule has 1 aromatic heterocycles. The fraction of sp³-hybridized carbons (Fsp3) is 0.636. The van der Waals surface area contributed by atoms with Gasteiger partial charge in [-0.15, -0.1) is 0 Å². The molecule has 1 saturated heterocycles. The van der Waals surface area contributed by atoms with Crippen LogP contribution in [-0.4, -0.2) is 43.9 Å². The van der Waals surface area contributed by atoms with E-state index in [1.165, 1.54) is 18.4 Å². The number of likely N-dealkylation sites (N-methyl/N-ethyl adjacent to an activating group) is 1. The predicted octanol–water partition coefficient (Wildman–Crippen LogP) is 2.20. The van der Waals surface area contributed by atoms with Gasteiger partial charge in [0, 0.05) is 13.2 Å². The van der Waals surface area contributed by atoms with E-state index in [0.717, 1.165) is 24.7 Å². The van der Waals surface area contributed by atoms with Crippen LogP contribution in [0.4, 0.5) is 5.13 Å². The van der Waals surface area contributed by atoms with Crippen molar-refractivity contribution in [3.8, 4) is 0 Å². The first-order chi connectivity index (χ1) is 8.67. The van der Waals surface area contributed by atoms with Crippen molar-refractivity contribution in [3.05, 3.63) is 10.0 Å². The minimum atomic E-state index is -0.442. The van der Waals surface area contributed by atoms with E-state index in [0.29, 0.717) is 17.5 Å². The van der Waals surface area contributed by atoms with Crippen molar-refractivity contribution in [2.75, 3.05) is 31.8 Å². The summed E-state index contributed by atoms with van der Waals surface area (Å²) in [7, 11) is 1.33. The normalized spacial score (nSPS) is 18.9. The van der Waals surface area contributed by atoms with Crippen molar-refractivity contribution < 1.29 is 14.3 Å². The summed E-state index contributed by atoms with van der Waals surface area (Å²) in [5.74, 6) is -0.442. The van der Waals surface area contributed by atoms with Gasteiger partial charge in [-0.25, -0.2) is 9.78 Å². The number of ether oxygens (including phenoxy) is 2. The van der Waals surface area contributed by atoms with Crippen molar-refractivity contribution in [1.29, 1.82) is 0 Å². The van der Waals surface area contributed by atoms with Crippen molar-refractivity contribution in [3.63, 3.8) is 0 Å². The molecule has 0 aliphatic carbocycles. The molecule has 0 amide bonds. The molecule has 0 N–H and O–H groups in total. The maximum absolute atomic E-state index is 11.5. The van der Waals surface area contributed by atoms with Gasteiger partial charge < -0.3 is 14.4 Å². The molecule has 1 atom stereocenters. The maximum Gasteiger partial charge on any atom is 0.351 e. The van der Waals surface area contributed by atoms with Gasteiger partial charge in [-0.3, -0.25) is 0 Å². The Hall–Kier alpha value is -0.850. The highest BCUT2D eigenvalue weighted by atomic mass is 35.5. The van der Waals surface area contributed by atoms with Gasteiger partial charge in [0.2, 0.25) is 0 Å². The molecule has 1 aromatic rings. The molecule has 1 aliphatic heterocycles. The Bertz CT molecular complexity index is 432. The highest BCUT2D eigenvalue weighted by Gasteiger charge is 2.27. The van der Waals surface area contributed by atoms with Crippen LogP contribution in [0.15, 0.2) is 0 Å². The summed E-state index contributed by atoms with van der Waals surface area (Å²) < 4.78 is 10.1. The van der Waals surface area contributed by atoms with Crippen molar-refractivity contribution in [2.24, 2.45) is 0 Å². The topological polar surface area (TPSA) is 51.7 Å². The maximum atomic E-state index is 11.5. The Labute approximate surface area is 115 Å². The first kappa shape index (κ1) is 13.6. The highest BCUT2D eigenvalue weighted by molar-refractivity contribution is 7.18. The average Bonchev–Trinajstić information content (AvgIpc) is 3.00. The molecular weight excluding hydrogens is 276 g/mol. The highest BCUT2D eigenvalue weighted by Crippen LogP contribution is 2.32. The third kappa shape index (κ3) is 2.60. The number of halogens is 1. The molecule has 0 aromatic carbocycles. The van der Waals surface area contributed by atoms with Crippen LogP contribution >= 0.6 is 22.9 Å². The van der Waals surface area contributed by atoms with Crippen LogP contribution in [0, 0.1) is 0 Å². The molecule has 5 nitrogen and oxygen atoms in total. The molecule has 0 saturated carbocycles. The third-order valence-corrected chi connectivity index (χ3v) is 4.34. The van der Waals surface area contributed by atoms with E-state index in [9.17, 15) is 4.79 Å². The van der Waals surface area contributed by atoms with Gasteiger partial charge in [0.15, 0.2) is 15.2 Å². The number of anilines is 1. The molecular formula is C11H15ClN2O3S. The van der Waals surface area contributed by atoms with Crippen molar-refractivity contribution in [1.82, 2.24) is 4.98 Å². The lowest BCUT2D eigenvalue weighted by Crippen LogP contribution is -2.35. The minimum absolute atomic E-state index is 0.208. The Balaban J connectivity index is 2.23. The minimum Gasteiger partial charge on any atom is -0.465 e. The van der Waals surface area contributed by atoms with E-state index >= 15 is 0 Å². The molecule has 0 bridgehead atoms. The number of nitrogens with zero attached hydrogens (tertiary/aromatic N) is 2. The van der Waals surface area contributed by atoms with Gasteiger partial charge in [-0.1, -0.05) is 22.9 Å². The van der Waals surface area contributed by atoms with Crippen LogP contribution in [0.2, 0.25) is 5.15 Å². The first-order valence-electron chi connectivity index (χ1n) is 5.76. The fourth-order valence-electron chi connectivity index (χ4n) is 1.95. The van der Waals surface area contributed by atoms with Crippen LogP contribution in [0.3, 0.4) is 0 Å².